The molecule has 0 N–H and O–H groups in total. The highest BCUT2D eigenvalue weighted by atomic mass is 27.0. The molecule has 0 saturated carbocycles. The van der Waals surface area contributed by atoms with E-state index in [4.69, 9.17) is 4.74 Å². The second kappa shape index (κ2) is 6.48. The van der Waals surface area contributed by atoms with Gasteiger partial charge in [-0.3, -0.25) is 0 Å². The van der Waals surface area contributed by atoms with Gasteiger partial charge in [0.15, 0.2) is 0 Å². The zero-order valence-electron chi connectivity index (χ0n) is 7.88. The Morgan fingerprint density at radius 2 is 1.92 bits per heavy atom. The third kappa shape index (κ3) is 4.77. The van der Waals surface area contributed by atoms with Crippen molar-refractivity contribution in [1.29, 1.82) is 0 Å². The number of hydrogen-bond acceptors (Lipinski definition) is 1. The molecule has 0 radical (unpaired) electrons. The molecule has 0 spiro atoms. The molecule has 2 heteroatoms. The lowest BCUT2D eigenvalue weighted by molar-refractivity contribution is 0.0968. The van der Waals surface area contributed by atoms with Crippen LogP contribution in [0.15, 0.2) is 22.7 Å². The van der Waals surface area contributed by atoms with E-state index in [0.29, 0.717) is 0 Å². The fourth-order valence-electron chi connectivity index (χ4n) is 1.24. The van der Waals surface area contributed by atoms with Crippen LogP contribution in [0.4, 0.5) is 0 Å². The topological polar surface area (TPSA) is 9.23 Å². The third-order valence-corrected chi connectivity index (χ3v) is 2.78. The molecule has 1 aliphatic heterocycles. The quantitative estimate of drug-likeness (QED) is 0.515. The van der Waals surface area contributed by atoms with Gasteiger partial charge in [-0.1, -0.05) is 18.2 Å². The largest absolute Gasteiger partial charge is 0.381 e. The molecule has 0 aromatic rings. The third-order valence-electron chi connectivity index (χ3n) is 2.03. The van der Waals surface area contributed by atoms with E-state index in [1.807, 2.05) is 0 Å². The van der Waals surface area contributed by atoms with Crippen molar-refractivity contribution in [3.05, 3.63) is 22.7 Å². The Morgan fingerprint density at radius 1 is 1.17 bits per heavy atom. The summed E-state index contributed by atoms with van der Waals surface area (Å²) < 4.78 is 6.68. The van der Waals surface area contributed by atoms with Crippen molar-refractivity contribution in [1.82, 2.24) is 0 Å². The van der Waals surface area contributed by atoms with E-state index in [-0.39, 0.29) is 0 Å². The van der Waals surface area contributed by atoms with E-state index in [1.165, 1.54) is 42.0 Å². The minimum Gasteiger partial charge on any atom is -0.381 e. The van der Waals surface area contributed by atoms with Gasteiger partial charge in [0.05, 0.1) is 0 Å². The van der Waals surface area contributed by atoms with E-state index in [2.05, 4.69) is 18.2 Å². The van der Waals surface area contributed by atoms with Crippen molar-refractivity contribution in [2.45, 2.75) is 25.7 Å². The second-order valence-corrected chi connectivity index (χ2v) is 4.60. The average molecular weight is 180 g/mol. The van der Waals surface area contributed by atoms with Crippen LogP contribution >= 0.6 is 0 Å². The number of hydrogen-bond donors (Lipinski definition) is 0. The maximum atomic E-state index is 5.07. The molecule has 0 amide bonds. The van der Waals surface area contributed by atoms with Gasteiger partial charge in [-0.15, -0.1) is 4.44 Å². The molecule has 0 aromatic heterocycles. The van der Waals surface area contributed by atoms with E-state index in [9.17, 15) is 0 Å². The molecule has 1 heterocycles. The van der Waals surface area contributed by atoms with Gasteiger partial charge in [-0.05, 0) is 25.7 Å². The van der Waals surface area contributed by atoms with E-state index in [1.54, 1.807) is 4.44 Å². The van der Waals surface area contributed by atoms with E-state index < -0.39 is 0 Å². The molecule has 1 fully saturated rings. The van der Waals surface area contributed by atoms with Crippen LogP contribution in [0.1, 0.15) is 25.7 Å². The number of rotatable bonds is 0. The van der Waals surface area contributed by atoms with Crippen LogP contribution in [-0.2, 0) is 4.74 Å². The van der Waals surface area contributed by atoms with Gasteiger partial charge in [0.1, 0.15) is 0 Å². The Kier molecular flexibility index (Phi) is 5.43. The summed E-state index contributed by atoms with van der Waals surface area (Å²) in [6.45, 7) is 2.00. The van der Waals surface area contributed by atoms with E-state index >= 15 is 0 Å². The van der Waals surface area contributed by atoms with Crippen molar-refractivity contribution >= 4 is 16.3 Å². The van der Waals surface area contributed by atoms with Gasteiger partial charge in [-0.2, -0.15) is 0 Å². The SMILES string of the molecule is C1CCOCC1.[AlH2][C]1=CC=CC1. The summed E-state index contributed by atoms with van der Waals surface area (Å²) in [6, 6.07) is 0. The fraction of sp³-hybridized carbons (Fsp3) is 0.600. The van der Waals surface area contributed by atoms with Crippen molar-refractivity contribution in [3.8, 4) is 0 Å². The first-order valence-electron chi connectivity index (χ1n) is 4.79. The standard InChI is InChI=1S/C5H10O.C5H5.Al.2H/c1-2-4-6-5-3-1;1-2-4-5-3-1;;;/h1-5H2;1-3H,4H2;;;. The van der Waals surface area contributed by atoms with Gasteiger partial charge in [0.2, 0.25) is 0 Å². The molecule has 0 atom stereocenters. The monoisotopic (exact) mass is 180 g/mol. The summed E-state index contributed by atoms with van der Waals surface area (Å²) in [5.74, 6) is 0. The summed E-state index contributed by atoms with van der Waals surface area (Å²) in [4.78, 5) is 0. The lowest BCUT2D eigenvalue weighted by atomic mass is 10.2. The van der Waals surface area contributed by atoms with Crippen molar-refractivity contribution < 1.29 is 4.74 Å². The Bertz CT molecular complexity index is 157. The van der Waals surface area contributed by atoms with Crippen LogP contribution in [-0.4, -0.2) is 29.5 Å². The molecular formula is C10H17AlO. The first kappa shape index (κ1) is 10.1. The first-order valence-corrected chi connectivity index (χ1v) is 5.79. The zero-order chi connectivity index (χ0) is 8.65. The van der Waals surface area contributed by atoms with Crippen molar-refractivity contribution in [2.75, 3.05) is 13.2 Å². The maximum absolute atomic E-state index is 5.07. The smallest absolute Gasteiger partial charge is 0.252 e. The molecule has 0 aromatic carbocycles. The van der Waals surface area contributed by atoms with Crippen LogP contribution in [0.2, 0.25) is 0 Å². The van der Waals surface area contributed by atoms with Gasteiger partial charge < -0.3 is 4.74 Å². The Hall–Kier alpha value is -0.0275. The summed E-state index contributed by atoms with van der Waals surface area (Å²) in [5.41, 5.74) is 0. The van der Waals surface area contributed by atoms with Crippen molar-refractivity contribution in [3.63, 3.8) is 0 Å². The lowest BCUT2D eigenvalue weighted by Crippen LogP contribution is -2.03. The van der Waals surface area contributed by atoms with Gasteiger partial charge in [0, 0.05) is 13.2 Å². The summed E-state index contributed by atoms with van der Waals surface area (Å²) >= 11 is 1.25. The normalized spacial score (nSPS) is 21.2. The minimum atomic E-state index is 1.00. The Morgan fingerprint density at radius 3 is 2.08 bits per heavy atom. The van der Waals surface area contributed by atoms with Gasteiger partial charge in [-0.25, -0.2) is 0 Å². The highest BCUT2D eigenvalue weighted by Gasteiger charge is 1.95. The molecule has 2 rings (SSSR count). The first-order chi connectivity index (χ1) is 5.89. The van der Waals surface area contributed by atoms with Crippen LogP contribution in [0.5, 0.6) is 0 Å². The minimum absolute atomic E-state index is 1.00. The molecule has 0 unspecified atom stereocenters. The van der Waals surface area contributed by atoms with E-state index in [0.717, 1.165) is 13.2 Å². The zero-order valence-corrected chi connectivity index (χ0v) is 9.88. The summed E-state index contributed by atoms with van der Waals surface area (Å²) in [5, 5.41) is 0. The maximum Gasteiger partial charge on any atom is 0.252 e. The molecule has 12 heavy (non-hydrogen) atoms. The summed E-state index contributed by atoms with van der Waals surface area (Å²) in [6.07, 6.45) is 11.7. The molecule has 0 bridgehead atoms. The van der Waals surface area contributed by atoms with Gasteiger partial charge in [0.25, 0.3) is 16.3 Å². The average Bonchev–Trinajstić information content (AvgIpc) is 2.60. The molecule has 1 saturated heterocycles. The second-order valence-electron chi connectivity index (χ2n) is 3.32. The van der Waals surface area contributed by atoms with Crippen LogP contribution in [0, 0.1) is 0 Å². The number of allylic oxidation sites excluding steroid dienone is 4. The fourth-order valence-corrected chi connectivity index (χ4v) is 1.67. The molecular weight excluding hydrogens is 163 g/mol. The summed E-state index contributed by atoms with van der Waals surface area (Å²) in [7, 11) is 0. The Balaban J connectivity index is 0.000000120. The highest BCUT2D eigenvalue weighted by Crippen LogP contribution is 2.03. The molecule has 1 nitrogen and oxygen atoms in total. The van der Waals surface area contributed by atoms with Crippen molar-refractivity contribution in [2.24, 2.45) is 0 Å². The molecule has 1 aliphatic carbocycles. The predicted octanol–water partition coefficient (Wildman–Crippen LogP) is 1.65. The van der Waals surface area contributed by atoms with Crippen LogP contribution in [0.3, 0.4) is 0 Å². The molecule has 2 aliphatic rings. The lowest BCUT2D eigenvalue weighted by Gasteiger charge is -2.08. The number of ether oxygens (including phenoxy) is 1. The predicted molar refractivity (Wildman–Crippen MR) is 55.1 cm³/mol. The van der Waals surface area contributed by atoms with Gasteiger partial charge >= 0.3 is 0 Å². The van der Waals surface area contributed by atoms with Crippen LogP contribution < -0.4 is 0 Å². The Labute approximate surface area is 82.9 Å². The highest BCUT2D eigenvalue weighted by molar-refractivity contribution is 6.22. The van der Waals surface area contributed by atoms with Crippen LogP contribution in [0.25, 0.3) is 0 Å². The molecule has 66 valence electrons.